The van der Waals surface area contributed by atoms with Crippen molar-refractivity contribution >= 4 is 5.91 Å². The summed E-state index contributed by atoms with van der Waals surface area (Å²) in [5.41, 5.74) is 1.29. The highest BCUT2D eigenvalue weighted by atomic mass is 16.5. The fourth-order valence-corrected chi connectivity index (χ4v) is 4.80. The number of ether oxygens (including phenoxy) is 1. The normalized spacial score (nSPS) is 20.6. The highest BCUT2D eigenvalue weighted by molar-refractivity contribution is 5.76. The predicted octanol–water partition coefficient (Wildman–Crippen LogP) is 5.90. The van der Waals surface area contributed by atoms with Crippen LogP contribution in [0.4, 0.5) is 0 Å². The molecule has 1 aromatic carbocycles. The molecule has 2 aromatic rings. The van der Waals surface area contributed by atoms with Crippen LogP contribution in [0.15, 0.2) is 53.1 Å². The van der Waals surface area contributed by atoms with Gasteiger partial charge in [-0.1, -0.05) is 44.2 Å². The Morgan fingerprint density at radius 1 is 1.17 bits per heavy atom. The predicted molar refractivity (Wildman–Crippen MR) is 120 cm³/mol. The van der Waals surface area contributed by atoms with Crippen molar-refractivity contribution < 1.29 is 13.9 Å². The second-order valence-corrected chi connectivity index (χ2v) is 9.59. The van der Waals surface area contributed by atoms with Crippen LogP contribution >= 0.6 is 0 Å². The summed E-state index contributed by atoms with van der Waals surface area (Å²) in [6, 6.07) is 14.6. The number of rotatable bonds is 9. The molecule has 3 rings (SSSR count). The molecular weight excluding hydrogens is 374 g/mol. The Hall–Kier alpha value is -2.07. The lowest BCUT2D eigenvalue weighted by Crippen LogP contribution is -2.37. The Morgan fingerprint density at radius 3 is 2.57 bits per heavy atom. The van der Waals surface area contributed by atoms with Crippen LogP contribution in [0, 0.1) is 11.8 Å². The molecule has 0 saturated carbocycles. The Balaban J connectivity index is 1.59. The summed E-state index contributed by atoms with van der Waals surface area (Å²) >= 11 is 0. The van der Waals surface area contributed by atoms with Gasteiger partial charge in [-0.05, 0) is 68.6 Å². The van der Waals surface area contributed by atoms with Crippen LogP contribution in [-0.4, -0.2) is 24.7 Å². The third-order valence-corrected chi connectivity index (χ3v) is 6.43. The average molecular weight is 412 g/mol. The number of furan rings is 1. The molecule has 1 fully saturated rings. The fraction of sp³-hybridized carbons (Fsp3) is 0.577. The first-order valence-electron chi connectivity index (χ1n) is 11.3. The fourth-order valence-electron chi connectivity index (χ4n) is 4.80. The maximum Gasteiger partial charge on any atom is 0.220 e. The van der Waals surface area contributed by atoms with E-state index >= 15 is 0 Å². The van der Waals surface area contributed by atoms with Gasteiger partial charge in [-0.15, -0.1) is 0 Å². The van der Waals surface area contributed by atoms with Crippen LogP contribution in [-0.2, 0) is 9.53 Å². The molecule has 1 amide bonds. The van der Waals surface area contributed by atoms with Crippen molar-refractivity contribution in [1.82, 2.24) is 5.32 Å². The molecule has 3 atom stereocenters. The maximum atomic E-state index is 12.7. The van der Waals surface area contributed by atoms with Gasteiger partial charge in [0.25, 0.3) is 0 Å². The van der Waals surface area contributed by atoms with Gasteiger partial charge in [0.1, 0.15) is 5.76 Å². The monoisotopic (exact) mass is 411 g/mol. The number of hydrogen-bond acceptors (Lipinski definition) is 3. The zero-order valence-electron chi connectivity index (χ0n) is 18.9. The summed E-state index contributed by atoms with van der Waals surface area (Å²) in [6.07, 6.45) is 5.22. The SMILES string of the molecule is CC(C)[C@@H](CC(=O)NCC[C@H](c1ccccc1)[C@H]1CCOC(C)(C)C1)c1ccco1. The van der Waals surface area contributed by atoms with Crippen LogP contribution in [0.2, 0.25) is 0 Å². The average Bonchev–Trinajstić information content (AvgIpc) is 3.23. The van der Waals surface area contributed by atoms with Gasteiger partial charge in [0.05, 0.1) is 11.9 Å². The molecule has 30 heavy (non-hydrogen) atoms. The maximum absolute atomic E-state index is 12.7. The number of nitrogens with one attached hydrogen (secondary N) is 1. The molecule has 4 nitrogen and oxygen atoms in total. The summed E-state index contributed by atoms with van der Waals surface area (Å²) in [5, 5.41) is 3.18. The highest BCUT2D eigenvalue weighted by Crippen LogP contribution is 2.39. The van der Waals surface area contributed by atoms with Gasteiger partial charge < -0.3 is 14.5 Å². The van der Waals surface area contributed by atoms with E-state index in [9.17, 15) is 4.79 Å². The molecule has 1 aromatic heterocycles. The molecule has 2 heterocycles. The van der Waals surface area contributed by atoms with E-state index in [2.05, 4.69) is 63.3 Å². The molecule has 0 unspecified atom stereocenters. The summed E-state index contributed by atoms with van der Waals surface area (Å²) in [6.45, 7) is 10.1. The van der Waals surface area contributed by atoms with E-state index in [1.807, 2.05) is 12.1 Å². The Bertz CT molecular complexity index is 767. The third-order valence-electron chi connectivity index (χ3n) is 6.43. The molecule has 1 N–H and O–H groups in total. The van der Waals surface area contributed by atoms with Gasteiger partial charge in [0.2, 0.25) is 5.91 Å². The molecule has 4 heteroatoms. The minimum absolute atomic E-state index is 0.0767. The van der Waals surface area contributed by atoms with E-state index in [1.165, 1.54) is 5.56 Å². The summed E-state index contributed by atoms with van der Waals surface area (Å²) in [4.78, 5) is 12.7. The van der Waals surface area contributed by atoms with Crippen LogP contribution in [0.1, 0.15) is 76.5 Å². The quantitative estimate of drug-likeness (QED) is 0.558. The second-order valence-electron chi connectivity index (χ2n) is 9.59. The van der Waals surface area contributed by atoms with Crippen LogP contribution in [0.5, 0.6) is 0 Å². The molecule has 0 radical (unpaired) electrons. The standard InChI is InChI=1S/C26H37NO3/c1-19(2)23(24-11-8-15-29-24)17-25(28)27-14-12-22(20-9-6-5-7-10-20)21-13-16-30-26(3,4)18-21/h5-11,15,19,21-23H,12-14,16-18H2,1-4H3,(H,27,28)/t21-,22+,23+/m0/s1. The molecule has 0 aliphatic carbocycles. The highest BCUT2D eigenvalue weighted by Gasteiger charge is 2.34. The summed E-state index contributed by atoms with van der Waals surface area (Å²) in [7, 11) is 0. The molecule has 164 valence electrons. The summed E-state index contributed by atoms with van der Waals surface area (Å²) in [5.74, 6) is 2.46. The first-order valence-corrected chi connectivity index (χ1v) is 11.3. The number of carbonyl (C=O) groups excluding carboxylic acids is 1. The van der Waals surface area contributed by atoms with Gasteiger partial charge in [0, 0.05) is 25.5 Å². The number of benzene rings is 1. The number of amides is 1. The zero-order chi connectivity index (χ0) is 21.6. The van der Waals surface area contributed by atoms with E-state index in [4.69, 9.17) is 9.15 Å². The topological polar surface area (TPSA) is 51.5 Å². The van der Waals surface area contributed by atoms with Gasteiger partial charge >= 0.3 is 0 Å². The first-order chi connectivity index (χ1) is 14.4. The minimum Gasteiger partial charge on any atom is -0.469 e. The molecule has 0 spiro atoms. The first kappa shape index (κ1) is 22.6. The largest absolute Gasteiger partial charge is 0.469 e. The molecular formula is C26H37NO3. The second kappa shape index (κ2) is 10.3. The van der Waals surface area contributed by atoms with Crippen LogP contribution < -0.4 is 5.32 Å². The summed E-state index contributed by atoms with van der Waals surface area (Å²) < 4.78 is 11.5. The lowest BCUT2D eigenvalue weighted by atomic mass is 9.75. The molecule has 0 bridgehead atoms. The lowest BCUT2D eigenvalue weighted by molar-refractivity contribution is -0.121. The van der Waals surface area contributed by atoms with Crippen molar-refractivity contribution in [3.05, 3.63) is 60.1 Å². The number of hydrogen-bond donors (Lipinski definition) is 1. The van der Waals surface area contributed by atoms with E-state index in [-0.39, 0.29) is 17.4 Å². The van der Waals surface area contributed by atoms with Crippen molar-refractivity contribution in [3.63, 3.8) is 0 Å². The van der Waals surface area contributed by atoms with Crippen LogP contribution in [0.3, 0.4) is 0 Å². The Labute approximate surface area is 181 Å². The van der Waals surface area contributed by atoms with E-state index in [0.29, 0.717) is 30.7 Å². The van der Waals surface area contributed by atoms with Crippen molar-refractivity contribution in [3.8, 4) is 0 Å². The Morgan fingerprint density at radius 2 is 1.93 bits per heavy atom. The van der Waals surface area contributed by atoms with Crippen molar-refractivity contribution in [2.75, 3.05) is 13.2 Å². The van der Waals surface area contributed by atoms with E-state index in [0.717, 1.165) is 31.6 Å². The van der Waals surface area contributed by atoms with Crippen LogP contribution in [0.25, 0.3) is 0 Å². The lowest BCUT2D eigenvalue weighted by Gasteiger charge is -2.39. The van der Waals surface area contributed by atoms with Gasteiger partial charge in [-0.25, -0.2) is 0 Å². The molecule has 1 saturated heterocycles. The van der Waals surface area contributed by atoms with Crippen molar-refractivity contribution in [2.24, 2.45) is 11.8 Å². The third kappa shape index (κ3) is 6.21. The van der Waals surface area contributed by atoms with Gasteiger partial charge in [0.15, 0.2) is 0 Å². The smallest absolute Gasteiger partial charge is 0.220 e. The van der Waals surface area contributed by atoms with E-state index < -0.39 is 0 Å². The van der Waals surface area contributed by atoms with Crippen molar-refractivity contribution in [2.45, 2.75) is 70.8 Å². The van der Waals surface area contributed by atoms with Gasteiger partial charge in [-0.3, -0.25) is 4.79 Å². The van der Waals surface area contributed by atoms with Crippen molar-refractivity contribution in [1.29, 1.82) is 0 Å². The zero-order valence-corrected chi connectivity index (χ0v) is 18.9. The molecule has 1 aliphatic rings. The van der Waals surface area contributed by atoms with Gasteiger partial charge in [-0.2, -0.15) is 0 Å². The number of carbonyl (C=O) groups is 1. The van der Waals surface area contributed by atoms with E-state index in [1.54, 1.807) is 6.26 Å². The Kier molecular flexibility index (Phi) is 7.76. The minimum atomic E-state index is -0.0767. The molecule has 1 aliphatic heterocycles.